The Morgan fingerprint density at radius 2 is 2.15 bits per heavy atom. The minimum atomic E-state index is -0.339. The lowest BCUT2D eigenvalue weighted by Gasteiger charge is -2.34. The van der Waals surface area contributed by atoms with E-state index in [1.165, 1.54) is 11.8 Å². The van der Waals surface area contributed by atoms with Crippen molar-refractivity contribution < 1.29 is 9.53 Å². The van der Waals surface area contributed by atoms with Crippen LogP contribution in [0.3, 0.4) is 0 Å². The summed E-state index contributed by atoms with van der Waals surface area (Å²) in [5.41, 5.74) is 9.80. The molecule has 27 heavy (non-hydrogen) atoms. The fourth-order valence-electron chi connectivity index (χ4n) is 3.05. The summed E-state index contributed by atoms with van der Waals surface area (Å²) in [6.45, 7) is 2.67. The second kappa shape index (κ2) is 8.75. The Bertz CT molecular complexity index is 857. The SMILES string of the molecule is CCOC(=O)N1CCC(c2cc(Br)ccc2N)=CC1c1cnc(SC)nc1. The third-order valence-corrected chi connectivity index (χ3v) is 5.42. The quantitative estimate of drug-likeness (QED) is 0.420. The predicted octanol–water partition coefficient (Wildman–Crippen LogP) is 4.53. The van der Waals surface area contributed by atoms with Gasteiger partial charge in [0.2, 0.25) is 0 Å². The lowest BCUT2D eigenvalue weighted by molar-refractivity contribution is 0.0967. The zero-order valence-corrected chi connectivity index (χ0v) is 17.6. The Kier molecular flexibility index (Phi) is 6.38. The lowest BCUT2D eigenvalue weighted by Crippen LogP contribution is -2.38. The number of nitrogens with two attached hydrogens (primary N) is 1. The highest BCUT2D eigenvalue weighted by atomic mass is 79.9. The van der Waals surface area contributed by atoms with E-state index in [1.807, 2.05) is 24.5 Å². The number of carbonyl (C=O) groups is 1. The highest BCUT2D eigenvalue weighted by Gasteiger charge is 2.30. The van der Waals surface area contributed by atoms with Crippen LogP contribution < -0.4 is 5.73 Å². The number of thioether (sulfide) groups is 1. The second-order valence-electron chi connectivity index (χ2n) is 6.01. The van der Waals surface area contributed by atoms with Gasteiger partial charge in [0.15, 0.2) is 5.16 Å². The summed E-state index contributed by atoms with van der Waals surface area (Å²) in [6.07, 6.45) is 7.86. The second-order valence-corrected chi connectivity index (χ2v) is 7.70. The van der Waals surface area contributed by atoms with E-state index < -0.39 is 0 Å². The van der Waals surface area contributed by atoms with Crippen molar-refractivity contribution in [3.63, 3.8) is 0 Å². The molecule has 0 saturated carbocycles. The third-order valence-electron chi connectivity index (χ3n) is 4.35. The Morgan fingerprint density at radius 3 is 2.81 bits per heavy atom. The maximum atomic E-state index is 12.5. The van der Waals surface area contributed by atoms with Crippen LogP contribution in [0.4, 0.5) is 10.5 Å². The molecule has 1 unspecified atom stereocenters. The van der Waals surface area contributed by atoms with Gasteiger partial charge >= 0.3 is 6.09 Å². The van der Waals surface area contributed by atoms with Crippen LogP contribution in [0.15, 0.2) is 46.3 Å². The topological polar surface area (TPSA) is 81.3 Å². The molecular weight excluding hydrogens is 428 g/mol. The molecule has 0 fully saturated rings. The molecule has 0 saturated heterocycles. The van der Waals surface area contributed by atoms with Gasteiger partial charge in [-0.2, -0.15) is 0 Å². The van der Waals surface area contributed by atoms with Crippen LogP contribution in [0, 0.1) is 0 Å². The van der Waals surface area contributed by atoms with Gasteiger partial charge in [0.05, 0.1) is 12.6 Å². The van der Waals surface area contributed by atoms with Crippen LogP contribution in [0.2, 0.25) is 0 Å². The van der Waals surface area contributed by atoms with E-state index in [9.17, 15) is 4.79 Å². The van der Waals surface area contributed by atoms with E-state index in [1.54, 1.807) is 24.2 Å². The van der Waals surface area contributed by atoms with E-state index in [-0.39, 0.29) is 12.1 Å². The fourth-order valence-corrected chi connectivity index (χ4v) is 3.72. The van der Waals surface area contributed by atoms with Crippen LogP contribution in [-0.4, -0.2) is 40.4 Å². The Labute approximate surface area is 171 Å². The van der Waals surface area contributed by atoms with E-state index in [4.69, 9.17) is 10.5 Å². The van der Waals surface area contributed by atoms with E-state index in [2.05, 4.69) is 32.0 Å². The predicted molar refractivity (Wildman–Crippen MR) is 111 cm³/mol. The number of ether oxygens (including phenoxy) is 1. The third kappa shape index (κ3) is 4.44. The first-order chi connectivity index (χ1) is 13.0. The molecular formula is C19H21BrN4O2S. The van der Waals surface area contributed by atoms with Crippen molar-refractivity contribution in [3.8, 4) is 0 Å². The monoisotopic (exact) mass is 448 g/mol. The Morgan fingerprint density at radius 1 is 1.41 bits per heavy atom. The van der Waals surface area contributed by atoms with Crippen LogP contribution in [-0.2, 0) is 4.74 Å². The van der Waals surface area contributed by atoms with Crippen molar-refractivity contribution in [1.82, 2.24) is 14.9 Å². The number of hydrogen-bond acceptors (Lipinski definition) is 6. The van der Waals surface area contributed by atoms with E-state index >= 15 is 0 Å². The molecule has 1 atom stereocenters. The summed E-state index contributed by atoms with van der Waals surface area (Å²) >= 11 is 4.98. The van der Waals surface area contributed by atoms with Crippen LogP contribution >= 0.6 is 27.7 Å². The average Bonchev–Trinajstić information content (AvgIpc) is 2.69. The zero-order chi connectivity index (χ0) is 19.4. The summed E-state index contributed by atoms with van der Waals surface area (Å²) in [4.78, 5) is 22.9. The van der Waals surface area contributed by atoms with Gasteiger partial charge in [-0.05, 0) is 43.4 Å². The number of aromatic nitrogens is 2. The summed E-state index contributed by atoms with van der Waals surface area (Å²) in [7, 11) is 0. The number of nitrogen functional groups attached to an aromatic ring is 1. The molecule has 0 bridgehead atoms. The standard InChI is InChI=1S/C19H21BrN4O2S/c1-3-26-19(25)24-7-6-12(15-9-14(20)4-5-16(15)21)8-17(24)13-10-22-18(27-2)23-11-13/h4-5,8-11,17H,3,6-7,21H2,1-2H3. The number of benzene rings is 1. The number of hydrogen-bond donors (Lipinski definition) is 1. The van der Waals surface area contributed by atoms with Gasteiger partial charge in [-0.25, -0.2) is 14.8 Å². The molecule has 2 aromatic rings. The summed E-state index contributed by atoms with van der Waals surface area (Å²) in [6, 6.07) is 5.50. The summed E-state index contributed by atoms with van der Waals surface area (Å²) < 4.78 is 6.21. The van der Waals surface area contributed by atoms with Crippen molar-refractivity contribution >= 4 is 45.0 Å². The molecule has 6 nitrogen and oxygen atoms in total. The number of anilines is 1. The smallest absolute Gasteiger partial charge is 0.410 e. The number of rotatable bonds is 4. The van der Waals surface area contributed by atoms with Gasteiger partial charge in [-0.15, -0.1) is 0 Å². The largest absolute Gasteiger partial charge is 0.450 e. The molecule has 1 aromatic heterocycles. The first-order valence-corrected chi connectivity index (χ1v) is 10.6. The normalized spacial score (nSPS) is 16.8. The highest BCUT2D eigenvalue weighted by Crippen LogP contribution is 2.36. The molecule has 8 heteroatoms. The molecule has 3 rings (SSSR count). The van der Waals surface area contributed by atoms with Crippen molar-refractivity contribution in [1.29, 1.82) is 0 Å². The number of amides is 1. The average molecular weight is 449 g/mol. The van der Waals surface area contributed by atoms with Crippen LogP contribution in [0.5, 0.6) is 0 Å². The maximum absolute atomic E-state index is 12.5. The lowest BCUT2D eigenvalue weighted by atomic mass is 9.92. The first kappa shape index (κ1) is 19.7. The van der Waals surface area contributed by atoms with Crippen molar-refractivity contribution in [2.24, 2.45) is 0 Å². The molecule has 0 radical (unpaired) electrons. The Hall–Kier alpha value is -2.06. The molecule has 1 aliphatic rings. The van der Waals surface area contributed by atoms with Gasteiger partial charge in [-0.1, -0.05) is 33.8 Å². The minimum Gasteiger partial charge on any atom is -0.450 e. The van der Waals surface area contributed by atoms with Gasteiger partial charge in [0.1, 0.15) is 0 Å². The molecule has 1 aromatic carbocycles. The minimum absolute atomic E-state index is 0.304. The van der Waals surface area contributed by atoms with Crippen molar-refractivity contribution in [3.05, 3.63) is 52.3 Å². The van der Waals surface area contributed by atoms with Crippen LogP contribution in [0.25, 0.3) is 5.57 Å². The van der Waals surface area contributed by atoms with Gasteiger partial charge in [0, 0.05) is 40.2 Å². The number of halogens is 1. The van der Waals surface area contributed by atoms with Gasteiger partial charge in [-0.3, -0.25) is 4.90 Å². The van der Waals surface area contributed by atoms with Crippen molar-refractivity contribution in [2.75, 3.05) is 25.1 Å². The number of carbonyl (C=O) groups excluding carboxylic acids is 1. The van der Waals surface area contributed by atoms with E-state index in [0.29, 0.717) is 30.4 Å². The van der Waals surface area contributed by atoms with Gasteiger partial charge < -0.3 is 10.5 Å². The molecule has 1 amide bonds. The number of nitrogens with zero attached hydrogens (tertiary/aromatic N) is 3. The fraction of sp³-hybridized carbons (Fsp3) is 0.316. The molecule has 2 heterocycles. The summed E-state index contributed by atoms with van der Waals surface area (Å²) in [5, 5.41) is 0.692. The molecule has 1 aliphatic heterocycles. The molecule has 142 valence electrons. The van der Waals surface area contributed by atoms with Gasteiger partial charge in [0.25, 0.3) is 0 Å². The Balaban J connectivity index is 2.02. The summed E-state index contributed by atoms with van der Waals surface area (Å²) in [5.74, 6) is 0. The van der Waals surface area contributed by atoms with Crippen molar-refractivity contribution in [2.45, 2.75) is 24.5 Å². The van der Waals surface area contributed by atoms with E-state index in [0.717, 1.165) is 21.2 Å². The molecule has 0 spiro atoms. The molecule has 0 aliphatic carbocycles. The zero-order valence-electron chi connectivity index (χ0n) is 15.2. The maximum Gasteiger partial charge on any atom is 0.410 e. The highest BCUT2D eigenvalue weighted by molar-refractivity contribution is 9.10. The van der Waals surface area contributed by atoms with Crippen LogP contribution in [0.1, 0.15) is 30.5 Å². The molecule has 2 N–H and O–H groups in total. The first-order valence-electron chi connectivity index (χ1n) is 8.59.